The number of rotatable bonds is 7. The summed E-state index contributed by atoms with van der Waals surface area (Å²) in [7, 11) is 0. The number of amides is 2. The maximum atomic E-state index is 11.6. The van der Waals surface area contributed by atoms with Crippen LogP contribution in [0.25, 0.3) is 0 Å². The number of nitrogens with one attached hydrogen (secondary N) is 2. The van der Waals surface area contributed by atoms with Gasteiger partial charge in [0.15, 0.2) is 0 Å². The fraction of sp³-hybridized carbons (Fsp3) is 0.857. The van der Waals surface area contributed by atoms with Gasteiger partial charge in [0.2, 0.25) is 5.91 Å². The van der Waals surface area contributed by atoms with E-state index in [0.717, 1.165) is 19.4 Å². The van der Waals surface area contributed by atoms with Crippen molar-refractivity contribution in [1.29, 1.82) is 0 Å². The average molecular weight is 318 g/mol. The van der Waals surface area contributed by atoms with Gasteiger partial charge in [0, 0.05) is 25.4 Å². The minimum absolute atomic E-state index is 0.00719. The van der Waals surface area contributed by atoms with Crippen LogP contribution < -0.4 is 10.6 Å². The Balaban J connectivity index is 1.95. The lowest BCUT2D eigenvalue weighted by Gasteiger charge is -2.19. The summed E-state index contributed by atoms with van der Waals surface area (Å²) in [5.74, 6) is 1.07. The Morgan fingerprint density at radius 3 is 2.71 bits per heavy atom. The molecule has 6 nitrogen and oxygen atoms in total. The molecule has 1 heterocycles. The number of ether oxygens (including phenoxy) is 2. The van der Waals surface area contributed by atoms with Crippen LogP contribution in [0.2, 0.25) is 0 Å². The Hall–Kier alpha value is -0.950. The van der Waals surface area contributed by atoms with Gasteiger partial charge in [-0.25, -0.2) is 4.79 Å². The van der Waals surface area contributed by atoms with Crippen molar-refractivity contribution in [3.05, 3.63) is 0 Å². The summed E-state index contributed by atoms with van der Waals surface area (Å²) in [6, 6.07) is 0. The van der Waals surface area contributed by atoms with Crippen molar-refractivity contribution in [3.8, 4) is 0 Å². The molecule has 0 aromatic carbocycles. The molecule has 0 aromatic heterocycles. The van der Waals surface area contributed by atoms with Gasteiger partial charge in [-0.3, -0.25) is 4.79 Å². The Morgan fingerprint density at radius 1 is 1.33 bits per heavy atom. The standard InChI is InChI=1S/C14H26N2O4S/c1-14(2,3)20-13(18)15-6-8-21-10-12(17)16-9-11-5-4-7-19-11/h11H,4-10H2,1-3H3,(H,15,18)(H,16,17). The molecule has 1 saturated heterocycles. The number of thioether (sulfide) groups is 1. The fourth-order valence-corrected chi connectivity index (χ4v) is 2.47. The number of carbonyl (C=O) groups excluding carboxylic acids is 2. The molecular weight excluding hydrogens is 292 g/mol. The molecular formula is C14H26N2O4S. The quantitative estimate of drug-likeness (QED) is 0.696. The molecule has 2 amide bonds. The van der Waals surface area contributed by atoms with Crippen LogP contribution in [0.15, 0.2) is 0 Å². The molecule has 1 unspecified atom stereocenters. The molecule has 0 spiro atoms. The highest BCUT2D eigenvalue weighted by Gasteiger charge is 2.16. The van der Waals surface area contributed by atoms with Crippen LogP contribution in [-0.2, 0) is 14.3 Å². The summed E-state index contributed by atoms with van der Waals surface area (Å²) in [6.07, 6.45) is 1.84. The Kier molecular flexibility index (Phi) is 7.88. The highest BCUT2D eigenvalue weighted by molar-refractivity contribution is 7.99. The van der Waals surface area contributed by atoms with Crippen molar-refractivity contribution in [2.75, 3.05) is 31.2 Å². The molecule has 21 heavy (non-hydrogen) atoms. The summed E-state index contributed by atoms with van der Waals surface area (Å²) in [4.78, 5) is 23.0. The van der Waals surface area contributed by atoms with Gasteiger partial charge >= 0.3 is 6.09 Å². The fourth-order valence-electron chi connectivity index (χ4n) is 1.79. The third-order valence-electron chi connectivity index (χ3n) is 2.70. The minimum Gasteiger partial charge on any atom is -0.444 e. The average Bonchev–Trinajstić information content (AvgIpc) is 2.86. The Bertz CT molecular complexity index is 338. The highest BCUT2D eigenvalue weighted by Crippen LogP contribution is 2.10. The predicted molar refractivity (Wildman–Crippen MR) is 83.5 cm³/mol. The van der Waals surface area contributed by atoms with Crippen molar-refractivity contribution >= 4 is 23.8 Å². The lowest BCUT2D eigenvalue weighted by atomic mass is 10.2. The maximum absolute atomic E-state index is 11.6. The van der Waals surface area contributed by atoms with E-state index in [1.807, 2.05) is 20.8 Å². The molecule has 0 aliphatic carbocycles. The summed E-state index contributed by atoms with van der Waals surface area (Å²) in [5, 5.41) is 5.51. The van der Waals surface area contributed by atoms with Gasteiger partial charge in [0.1, 0.15) is 5.60 Å². The van der Waals surface area contributed by atoms with Gasteiger partial charge in [0.25, 0.3) is 0 Å². The molecule has 122 valence electrons. The molecule has 7 heteroatoms. The topological polar surface area (TPSA) is 76.7 Å². The van der Waals surface area contributed by atoms with Gasteiger partial charge in [0.05, 0.1) is 11.9 Å². The summed E-state index contributed by atoms with van der Waals surface area (Å²) < 4.78 is 10.5. The van der Waals surface area contributed by atoms with E-state index in [2.05, 4.69) is 10.6 Å². The predicted octanol–water partition coefficient (Wildman–Crippen LogP) is 1.54. The van der Waals surface area contributed by atoms with Crippen LogP contribution in [0, 0.1) is 0 Å². The van der Waals surface area contributed by atoms with Crippen LogP contribution in [0.3, 0.4) is 0 Å². The van der Waals surface area contributed by atoms with Gasteiger partial charge in [-0.15, -0.1) is 0 Å². The second-order valence-corrected chi connectivity index (χ2v) is 7.03. The Morgan fingerprint density at radius 2 is 2.10 bits per heavy atom. The van der Waals surface area contributed by atoms with Gasteiger partial charge in [-0.05, 0) is 33.6 Å². The van der Waals surface area contributed by atoms with Gasteiger partial charge in [-0.2, -0.15) is 11.8 Å². The second-order valence-electron chi connectivity index (χ2n) is 5.92. The van der Waals surface area contributed by atoms with E-state index < -0.39 is 11.7 Å². The molecule has 0 aromatic rings. The van der Waals surface area contributed by atoms with E-state index in [9.17, 15) is 9.59 Å². The van der Waals surface area contributed by atoms with Crippen molar-refractivity contribution < 1.29 is 19.1 Å². The third kappa shape index (κ3) is 9.57. The second kappa shape index (κ2) is 9.15. The number of alkyl carbamates (subject to hydrolysis) is 1. The van der Waals surface area contributed by atoms with Crippen molar-refractivity contribution in [1.82, 2.24) is 10.6 Å². The van der Waals surface area contributed by atoms with E-state index >= 15 is 0 Å². The van der Waals surface area contributed by atoms with Crippen LogP contribution in [-0.4, -0.2) is 54.9 Å². The summed E-state index contributed by atoms with van der Waals surface area (Å²) >= 11 is 1.48. The van der Waals surface area contributed by atoms with Crippen molar-refractivity contribution in [2.24, 2.45) is 0 Å². The molecule has 1 fully saturated rings. The van der Waals surface area contributed by atoms with E-state index in [-0.39, 0.29) is 12.0 Å². The maximum Gasteiger partial charge on any atom is 0.407 e. The molecule has 2 N–H and O–H groups in total. The first-order valence-electron chi connectivity index (χ1n) is 7.30. The Labute approximate surface area is 130 Å². The number of hydrogen-bond acceptors (Lipinski definition) is 5. The molecule has 1 rings (SSSR count). The smallest absolute Gasteiger partial charge is 0.407 e. The van der Waals surface area contributed by atoms with Crippen LogP contribution in [0.1, 0.15) is 33.6 Å². The molecule has 1 aliphatic rings. The zero-order chi connectivity index (χ0) is 15.7. The zero-order valence-corrected chi connectivity index (χ0v) is 13.9. The van der Waals surface area contributed by atoms with Crippen LogP contribution in [0.4, 0.5) is 4.79 Å². The highest BCUT2D eigenvalue weighted by atomic mass is 32.2. The monoisotopic (exact) mass is 318 g/mol. The van der Waals surface area contributed by atoms with E-state index in [4.69, 9.17) is 9.47 Å². The number of carbonyl (C=O) groups is 2. The largest absolute Gasteiger partial charge is 0.444 e. The van der Waals surface area contributed by atoms with Crippen LogP contribution >= 0.6 is 11.8 Å². The zero-order valence-electron chi connectivity index (χ0n) is 13.1. The molecule has 1 aliphatic heterocycles. The van der Waals surface area contributed by atoms with Gasteiger partial charge < -0.3 is 20.1 Å². The molecule has 0 saturated carbocycles. The normalized spacial score (nSPS) is 18.3. The number of hydrogen-bond donors (Lipinski definition) is 2. The SMILES string of the molecule is CC(C)(C)OC(=O)NCCSCC(=O)NCC1CCCO1. The first kappa shape index (κ1) is 18.1. The molecule has 1 atom stereocenters. The first-order chi connectivity index (χ1) is 9.87. The lowest BCUT2D eigenvalue weighted by Crippen LogP contribution is -2.34. The van der Waals surface area contributed by atoms with E-state index in [1.54, 1.807) is 0 Å². The van der Waals surface area contributed by atoms with E-state index in [1.165, 1.54) is 11.8 Å². The lowest BCUT2D eigenvalue weighted by molar-refractivity contribution is -0.119. The third-order valence-corrected chi connectivity index (χ3v) is 3.66. The van der Waals surface area contributed by atoms with Gasteiger partial charge in [-0.1, -0.05) is 0 Å². The van der Waals surface area contributed by atoms with Crippen molar-refractivity contribution in [3.63, 3.8) is 0 Å². The summed E-state index contributed by atoms with van der Waals surface area (Å²) in [6.45, 7) is 7.33. The first-order valence-corrected chi connectivity index (χ1v) is 8.45. The van der Waals surface area contributed by atoms with Crippen molar-refractivity contribution in [2.45, 2.75) is 45.3 Å². The molecule has 0 radical (unpaired) electrons. The molecule has 0 bridgehead atoms. The summed E-state index contributed by atoms with van der Waals surface area (Å²) in [5.41, 5.74) is -0.487. The van der Waals surface area contributed by atoms with E-state index in [0.29, 0.717) is 24.6 Å². The minimum atomic E-state index is -0.487. The van der Waals surface area contributed by atoms with Crippen LogP contribution in [0.5, 0.6) is 0 Å².